The van der Waals surface area contributed by atoms with Gasteiger partial charge in [-0.05, 0) is 41.8 Å². The number of carbonyl (C=O) groups is 1. The molecule has 1 aliphatic heterocycles. The van der Waals surface area contributed by atoms with E-state index >= 15 is 0 Å². The quantitative estimate of drug-likeness (QED) is 0.393. The number of hydrogen-bond acceptors (Lipinski definition) is 3. The molecule has 0 saturated carbocycles. The van der Waals surface area contributed by atoms with Crippen LogP contribution >= 0.6 is 27.5 Å². The molecule has 1 aromatic heterocycles. The van der Waals surface area contributed by atoms with E-state index in [4.69, 9.17) is 11.6 Å². The molecule has 2 heterocycles. The SMILES string of the molecule is CCc1ccc(NC(=O)c2nn3c(c2Cl)N[C@H](c2ccc(Br)cc2)C[C@H]3C(F)(F)F)cc1. The zero-order valence-electron chi connectivity index (χ0n) is 16.9. The van der Waals surface area contributed by atoms with Gasteiger partial charge in [-0.1, -0.05) is 58.7 Å². The molecule has 0 unspecified atom stereocenters. The molecule has 1 amide bonds. The fourth-order valence-corrected chi connectivity index (χ4v) is 4.19. The monoisotopic (exact) mass is 526 g/mol. The Morgan fingerprint density at radius 1 is 1.22 bits per heavy atom. The molecule has 32 heavy (non-hydrogen) atoms. The third-order valence-electron chi connectivity index (χ3n) is 5.40. The molecule has 2 aromatic carbocycles. The molecule has 10 heteroatoms. The number of anilines is 2. The van der Waals surface area contributed by atoms with Crippen molar-refractivity contribution < 1.29 is 18.0 Å². The topological polar surface area (TPSA) is 59.0 Å². The average Bonchev–Trinajstić information content (AvgIpc) is 3.10. The fourth-order valence-electron chi connectivity index (χ4n) is 3.66. The summed E-state index contributed by atoms with van der Waals surface area (Å²) in [5.41, 5.74) is 2.00. The predicted molar refractivity (Wildman–Crippen MR) is 121 cm³/mol. The number of nitrogens with zero attached hydrogens (tertiary/aromatic N) is 2. The third-order valence-corrected chi connectivity index (χ3v) is 6.29. The molecule has 2 N–H and O–H groups in total. The standard InChI is InChI=1S/C22H19BrClF3N4O/c1-2-12-3-9-15(10-4-12)28-21(32)19-18(24)20-29-16(13-5-7-14(23)8-6-13)11-17(22(25,26)27)31(20)30-19/h3-10,16-17,29H,2,11H2,1H3,(H,28,32)/t16-,17-/m0/s1. The van der Waals surface area contributed by atoms with E-state index < -0.39 is 24.2 Å². The summed E-state index contributed by atoms with van der Waals surface area (Å²) in [6.07, 6.45) is -4.00. The van der Waals surface area contributed by atoms with Crippen molar-refractivity contribution in [2.24, 2.45) is 0 Å². The van der Waals surface area contributed by atoms with Crippen molar-refractivity contribution in [1.29, 1.82) is 0 Å². The maximum Gasteiger partial charge on any atom is 0.410 e. The Morgan fingerprint density at radius 3 is 2.47 bits per heavy atom. The van der Waals surface area contributed by atoms with Crippen LogP contribution in [0.3, 0.4) is 0 Å². The number of benzene rings is 2. The number of amides is 1. The van der Waals surface area contributed by atoms with Crippen LogP contribution in [0, 0.1) is 0 Å². The summed E-state index contributed by atoms with van der Waals surface area (Å²) in [5, 5.41) is 9.48. The van der Waals surface area contributed by atoms with E-state index in [1.54, 1.807) is 36.4 Å². The molecule has 168 valence electrons. The van der Waals surface area contributed by atoms with Crippen molar-refractivity contribution in [2.75, 3.05) is 10.6 Å². The summed E-state index contributed by atoms with van der Waals surface area (Å²) >= 11 is 9.69. The molecule has 0 bridgehead atoms. The molecule has 4 rings (SSSR count). The molecule has 1 aliphatic rings. The summed E-state index contributed by atoms with van der Waals surface area (Å²) in [6, 6.07) is 11.6. The first-order valence-corrected chi connectivity index (χ1v) is 11.1. The second kappa shape index (κ2) is 8.78. The number of halogens is 5. The van der Waals surface area contributed by atoms with E-state index in [-0.39, 0.29) is 23.0 Å². The number of aryl methyl sites for hydroxylation is 1. The highest BCUT2D eigenvalue weighted by molar-refractivity contribution is 9.10. The minimum atomic E-state index is -4.57. The molecule has 2 atom stereocenters. The normalized spacial score (nSPS) is 18.1. The van der Waals surface area contributed by atoms with Gasteiger partial charge in [0.1, 0.15) is 10.8 Å². The van der Waals surface area contributed by atoms with Crippen LogP contribution in [-0.2, 0) is 6.42 Å². The van der Waals surface area contributed by atoms with Gasteiger partial charge in [0.05, 0.1) is 6.04 Å². The molecular formula is C22H19BrClF3N4O. The maximum atomic E-state index is 13.9. The van der Waals surface area contributed by atoms with Crippen LogP contribution in [0.25, 0.3) is 0 Å². The lowest BCUT2D eigenvalue weighted by molar-refractivity contribution is -0.173. The van der Waals surface area contributed by atoms with Crippen LogP contribution in [0.4, 0.5) is 24.7 Å². The third kappa shape index (κ3) is 4.49. The van der Waals surface area contributed by atoms with Gasteiger partial charge in [-0.15, -0.1) is 0 Å². The van der Waals surface area contributed by atoms with Crippen molar-refractivity contribution in [3.63, 3.8) is 0 Å². The van der Waals surface area contributed by atoms with Crippen LogP contribution in [0.5, 0.6) is 0 Å². The van der Waals surface area contributed by atoms with Crippen LogP contribution < -0.4 is 10.6 Å². The van der Waals surface area contributed by atoms with Gasteiger partial charge in [0, 0.05) is 16.6 Å². The molecule has 0 fully saturated rings. The molecular weight excluding hydrogens is 509 g/mol. The van der Waals surface area contributed by atoms with Gasteiger partial charge in [0.2, 0.25) is 0 Å². The molecule has 0 saturated heterocycles. The number of rotatable bonds is 4. The lowest BCUT2D eigenvalue weighted by Crippen LogP contribution is -2.35. The van der Waals surface area contributed by atoms with Gasteiger partial charge in [-0.25, -0.2) is 4.68 Å². The average molecular weight is 528 g/mol. The molecule has 0 spiro atoms. The lowest BCUT2D eigenvalue weighted by atomic mass is 9.97. The van der Waals surface area contributed by atoms with Gasteiger partial charge in [0.25, 0.3) is 5.91 Å². The highest BCUT2D eigenvalue weighted by Crippen LogP contribution is 2.46. The van der Waals surface area contributed by atoms with Crippen molar-refractivity contribution >= 4 is 44.9 Å². The largest absolute Gasteiger partial charge is 0.410 e. The predicted octanol–water partition coefficient (Wildman–Crippen LogP) is 6.77. The van der Waals surface area contributed by atoms with Crippen LogP contribution in [0.1, 0.15) is 47.0 Å². The van der Waals surface area contributed by atoms with Gasteiger partial charge in [-0.3, -0.25) is 4.79 Å². The summed E-state index contributed by atoms with van der Waals surface area (Å²) in [4.78, 5) is 12.8. The first kappa shape index (κ1) is 22.7. The van der Waals surface area contributed by atoms with E-state index in [2.05, 4.69) is 31.7 Å². The van der Waals surface area contributed by atoms with Gasteiger partial charge in [-0.2, -0.15) is 18.3 Å². The zero-order chi connectivity index (χ0) is 23.0. The van der Waals surface area contributed by atoms with E-state index in [1.807, 2.05) is 19.1 Å². The van der Waals surface area contributed by atoms with E-state index in [1.165, 1.54) is 0 Å². The highest BCUT2D eigenvalue weighted by Gasteiger charge is 2.47. The Hall–Kier alpha value is -2.52. The molecule has 0 radical (unpaired) electrons. The Kier molecular flexibility index (Phi) is 6.22. The van der Waals surface area contributed by atoms with Crippen molar-refractivity contribution in [3.8, 4) is 0 Å². The molecule has 0 aliphatic carbocycles. The Bertz CT molecular complexity index is 1130. The summed E-state index contributed by atoms with van der Waals surface area (Å²) in [6.45, 7) is 2.01. The van der Waals surface area contributed by atoms with E-state index in [0.29, 0.717) is 11.3 Å². The first-order chi connectivity index (χ1) is 15.2. The smallest absolute Gasteiger partial charge is 0.362 e. The number of alkyl halides is 3. The minimum absolute atomic E-state index is 0.0281. The Morgan fingerprint density at radius 2 is 1.88 bits per heavy atom. The van der Waals surface area contributed by atoms with E-state index in [0.717, 1.165) is 21.1 Å². The van der Waals surface area contributed by atoms with Gasteiger partial charge < -0.3 is 10.6 Å². The minimum Gasteiger partial charge on any atom is -0.362 e. The number of hydrogen-bond donors (Lipinski definition) is 2. The van der Waals surface area contributed by atoms with Crippen LogP contribution in [0.15, 0.2) is 53.0 Å². The lowest BCUT2D eigenvalue weighted by Gasteiger charge is -2.33. The second-order valence-corrected chi connectivity index (χ2v) is 8.80. The second-order valence-electron chi connectivity index (χ2n) is 7.50. The van der Waals surface area contributed by atoms with Crippen molar-refractivity contribution in [2.45, 2.75) is 38.0 Å². The van der Waals surface area contributed by atoms with Crippen LogP contribution in [-0.4, -0.2) is 21.9 Å². The number of fused-ring (bicyclic) bond motifs is 1. The molecule has 3 aromatic rings. The summed E-state index contributed by atoms with van der Waals surface area (Å²) in [7, 11) is 0. The van der Waals surface area contributed by atoms with Crippen LogP contribution in [0.2, 0.25) is 5.02 Å². The van der Waals surface area contributed by atoms with Crippen molar-refractivity contribution in [1.82, 2.24) is 9.78 Å². The van der Waals surface area contributed by atoms with Gasteiger partial charge >= 0.3 is 6.18 Å². The highest BCUT2D eigenvalue weighted by atomic mass is 79.9. The maximum absolute atomic E-state index is 13.9. The summed E-state index contributed by atoms with van der Waals surface area (Å²) in [5.74, 6) is -0.705. The fraction of sp³-hybridized carbons (Fsp3) is 0.273. The Labute approximate surface area is 196 Å². The number of nitrogens with one attached hydrogen (secondary N) is 2. The van der Waals surface area contributed by atoms with E-state index in [9.17, 15) is 18.0 Å². The first-order valence-electron chi connectivity index (χ1n) is 9.94. The zero-order valence-corrected chi connectivity index (χ0v) is 19.2. The summed E-state index contributed by atoms with van der Waals surface area (Å²) < 4.78 is 43.3. The van der Waals surface area contributed by atoms with Crippen molar-refractivity contribution in [3.05, 3.63) is 74.8 Å². The Balaban J connectivity index is 1.66. The molecule has 5 nitrogen and oxygen atoms in total. The number of aromatic nitrogens is 2. The van der Waals surface area contributed by atoms with Gasteiger partial charge in [0.15, 0.2) is 11.7 Å². The number of carbonyl (C=O) groups excluding carboxylic acids is 1.